The Morgan fingerprint density at radius 2 is 0.755 bits per heavy atom. The molecule has 0 bridgehead atoms. The van der Waals surface area contributed by atoms with Gasteiger partial charge in [-0.25, -0.2) is 15.0 Å². The van der Waals surface area contributed by atoms with Crippen LogP contribution in [-0.4, -0.2) is 15.0 Å². The lowest BCUT2D eigenvalue weighted by Crippen LogP contribution is -2.00. The molecule has 0 amide bonds. The average molecular weight is 628 g/mol. The van der Waals surface area contributed by atoms with Gasteiger partial charge in [0.15, 0.2) is 17.5 Å². The number of aromatic nitrogens is 3. The molecule has 9 rings (SSSR count). The Balaban J connectivity index is 1.08. The largest absolute Gasteiger partial charge is 0.455 e. The minimum absolute atomic E-state index is 0.631. The van der Waals surface area contributed by atoms with Crippen LogP contribution in [0.3, 0.4) is 0 Å². The average Bonchev–Trinajstić information content (AvgIpc) is 3.58. The second kappa shape index (κ2) is 12.2. The smallest absolute Gasteiger partial charge is 0.164 e. The van der Waals surface area contributed by atoms with Crippen LogP contribution in [0.2, 0.25) is 0 Å². The van der Waals surface area contributed by atoms with E-state index in [-0.39, 0.29) is 0 Å². The number of rotatable bonds is 6. The molecular weight excluding hydrogens is 599 g/mol. The summed E-state index contributed by atoms with van der Waals surface area (Å²) in [6, 6.07) is 60.5. The minimum Gasteiger partial charge on any atom is -0.455 e. The molecule has 0 aliphatic heterocycles. The molecule has 0 saturated carbocycles. The summed E-state index contributed by atoms with van der Waals surface area (Å²) in [5, 5.41) is 2.26. The van der Waals surface area contributed by atoms with Crippen molar-refractivity contribution in [2.45, 2.75) is 0 Å². The van der Waals surface area contributed by atoms with E-state index in [2.05, 4.69) is 127 Å². The van der Waals surface area contributed by atoms with Crippen molar-refractivity contribution in [3.05, 3.63) is 176 Å². The van der Waals surface area contributed by atoms with Crippen LogP contribution in [-0.2, 0) is 0 Å². The van der Waals surface area contributed by atoms with Crippen LogP contribution in [0.25, 0.3) is 89.5 Å². The fourth-order valence-electron chi connectivity index (χ4n) is 6.45. The molecule has 0 N–H and O–H groups in total. The topological polar surface area (TPSA) is 51.8 Å². The van der Waals surface area contributed by atoms with Crippen molar-refractivity contribution in [3.63, 3.8) is 0 Å². The van der Waals surface area contributed by atoms with Crippen molar-refractivity contribution in [1.29, 1.82) is 0 Å². The molecule has 7 aromatic carbocycles. The fraction of sp³-hybridized carbons (Fsp3) is 0. The van der Waals surface area contributed by atoms with Gasteiger partial charge in [0.2, 0.25) is 0 Å². The van der Waals surface area contributed by atoms with Gasteiger partial charge in [-0.15, -0.1) is 0 Å². The van der Waals surface area contributed by atoms with Crippen LogP contribution in [0.1, 0.15) is 0 Å². The van der Waals surface area contributed by atoms with Crippen LogP contribution >= 0.6 is 0 Å². The van der Waals surface area contributed by atoms with E-state index < -0.39 is 0 Å². The highest BCUT2D eigenvalue weighted by Crippen LogP contribution is 2.37. The molecule has 0 saturated heterocycles. The van der Waals surface area contributed by atoms with E-state index in [4.69, 9.17) is 19.4 Å². The van der Waals surface area contributed by atoms with Crippen molar-refractivity contribution in [2.75, 3.05) is 0 Å². The van der Waals surface area contributed by atoms with E-state index in [9.17, 15) is 0 Å². The Morgan fingerprint density at radius 1 is 0.306 bits per heavy atom. The van der Waals surface area contributed by atoms with Crippen LogP contribution in [0.5, 0.6) is 0 Å². The first-order valence-corrected chi connectivity index (χ1v) is 16.4. The molecule has 0 aliphatic carbocycles. The first kappa shape index (κ1) is 28.6. The number of hydrogen-bond acceptors (Lipinski definition) is 4. The summed E-state index contributed by atoms with van der Waals surface area (Å²) >= 11 is 0. The molecule has 9 aromatic rings. The number of benzene rings is 7. The van der Waals surface area contributed by atoms with Crippen molar-refractivity contribution < 1.29 is 4.42 Å². The highest BCUT2D eigenvalue weighted by Gasteiger charge is 2.15. The van der Waals surface area contributed by atoms with E-state index >= 15 is 0 Å². The SMILES string of the molecule is c1ccc(-c2ccc(-c3nc(-c4ccccc4)nc(-c4cccc(-c5ccc(-c6cccc7c6oc6ccccc67)cc5)c4)n3)cc2)cc1. The Labute approximate surface area is 284 Å². The molecule has 230 valence electrons. The fourth-order valence-corrected chi connectivity index (χ4v) is 6.45. The molecule has 49 heavy (non-hydrogen) atoms. The van der Waals surface area contributed by atoms with Crippen molar-refractivity contribution >= 4 is 21.9 Å². The van der Waals surface area contributed by atoms with Gasteiger partial charge in [0.05, 0.1) is 0 Å². The maximum absolute atomic E-state index is 6.31. The first-order valence-electron chi connectivity index (χ1n) is 16.4. The molecule has 4 nitrogen and oxygen atoms in total. The highest BCUT2D eigenvalue weighted by atomic mass is 16.3. The second-order valence-electron chi connectivity index (χ2n) is 12.1. The molecule has 0 atom stereocenters. The highest BCUT2D eigenvalue weighted by molar-refractivity contribution is 6.09. The van der Waals surface area contributed by atoms with Gasteiger partial charge in [-0.2, -0.15) is 0 Å². The second-order valence-corrected chi connectivity index (χ2v) is 12.1. The summed E-state index contributed by atoms with van der Waals surface area (Å²) in [4.78, 5) is 14.9. The lowest BCUT2D eigenvalue weighted by molar-refractivity contribution is 0.670. The van der Waals surface area contributed by atoms with Gasteiger partial charge in [0.25, 0.3) is 0 Å². The van der Waals surface area contributed by atoms with Crippen LogP contribution in [0, 0.1) is 0 Å². The van der Waals surface area contributed by atoms with Crippen LogP contribution < -0.4 is 0 Å². The normalized spacial score (nSPS) is 11.3. The van der Waals surface area contributed by atoms with E-state index in [0.717, 1.165) is 66.4 Å². The van der Waals surface area contributed by atoms with E-state index in [0.29, 0.717) is 17.5 Å². The molecular formula is C45H29N3O. The van der Waals surface area contributed by atoms with E-state index in [1.54, 1.807) is 0 Å². The third-order valence-electron chi connectivity index (χ3n) is 8.97. The predicted molar refractivity (Wildman–Crippen MR) is 200 cm³/mol. The van der Waals surface area contributed by atoms with Gasteiger partial charge in [0, 0.05) is 33.0 Å². The zero-order valence-corrected chi connectivity index (χ0v) is 26.5. The molecule has 2 heterocycles. The molecule has 0 unspecified atom stereocenters. The van der Waals surface area contributed by atoms with Crippen LogP contribution in [0.15, 0.2) is 180 Å². The molecule has 0 radical (unpaired) electrons. The summed E-state index contributed by atoms with van der Waals surface area (Å²) in [6.07, 6.45) is 0. The Bertz CT molecular complexity index is 2570. The molecule has 0 spiro atoms. The van der Waals surface area contributed by atoms with Crippen molar-refractivity contribution in [2.24, 2.45) is 0 Å². The van der Waals surface area contributed by atoms with Gasteiger partial charge in [-0.05, 0) is 39.9 Å². The van der Waals surface area contributed by atoms with E-state index in [1.807, 2.05) is 48.5 Å². The van der Waals surface area contributed by atoms with Gasteiger partial charge in [-0.3, -0.25) is 0 Å². The van der Waals surface area contributed by atoms with Crippen LogP contribution in [0.4, 0.5) is 0 Å². The maximum Gasteiger partial charge on any atom is 0.164 e. The minimum atomic E-state index is 0.631. The summed E-state index contributed by atoms with van der Waals surface area (Å²) < 4.78 is 6.31. The van der Waals surface area contributed by atoms with Crippen molar-refractivity contribution in [3.8, 4) is 67.5 Å². The Morgan fingerprint density at radius 3 is 1.47 bits per heavy atom. The zero-order valence-electron chi connectivity index (χ0n) is 26.5. The third-order valence-corrected chi connectivity index (χ3v) is 8.97. The first-order chi connectivity index (χ1) is 24.3. The maximum atomic E-state index is 6.31. The molecule has 0 aliphatic rings. The summed E-state index contributed by atoms with van der Waals surface area (Å²) in [6.45, 7) is 0. The number of furan rings is 1. The van der Waals surface area contributed by atoms with E-state index in [1.165, 1.54) is 5.56 Å². The van der Waals surface area contributed by atoms with Crippen molar-refractivity contribution in [1.82, 2.24) is 15.0 Å². The summed E-state index contributed by atoms with van der Waals surface area (Å²) in [5.74, 6) is 1.91. The lowest BCUT2D eigenvalue weighted by atomic mass is 9.98. The Hall–Kier alpha value is -6.65. The standard InChI is InChI=1S/C45H29N3O/c1-3-11-30(12-4-1)31-23-27-35(28-24-31)44-46-43(34-13-5-2-6-14-34)47-45(48-44)37-16-9-15-36(29-37)32-21-25-33(26-22-32)38-18-10-19-40-39-17-7-8-20-41(39)49-42(38)40/h1-29H. The number of nitrogens with zero attached hydrogens (tertiary/aromatic N) is 3. The zero-order chi connectivity index (χ0) is 32.6. The molecule has 4 heteroatoms. The van der Waals surface area contributed by atoms with Gasteiger partial charge in [0.1, 0.15) is 11.2 Å². The van der Waals surface area contributed by atoms with Gasteiger partial charge < -0.3 is 4.42 Å². The monoisotopic (exact) mass is 627 g/mol. The van der Waals surface area contributed by atoms with Gasteiger partial charge >= 0.3 is 0 Å². The summed E-state index contributed by atoms with van der Waals surface area (Å²) in [7, 11) is 0. The number of para-hydroxylation sites is 2. The number of hydrogen-bond donors (Lipinski definition) is 0. The molecule has 0 fully saturated rings. The quantitative estimate of drug-likeness (QED) is 0.184. The number of fused-ring (bicyclic) bond motifs is 3. The third kappa shape index (κ3) is 5.45. The Kier molecular flexibility index (Phi) is 7.10. The van der Waals surface area contributed by atoms with Gasteiger partial charge in [-0.1, -0.05) is 164 Å². The predicted octanol–water partition coefficient (Wildman–Crippen LogP) is 11.8. The summed E-state index contributed by atoms with van der Waals surface area (Å²) in [5.41, 5.74) is 11.3. The molecule has 2 aromatic heterocycles. The lowest BCUT2D eigenvalue weighted by Gasteiger charge is -2.10.